The molecular weight excluding hydrogens is 601 g/mol. The molecule has 2 aromatic heterocycles. The van der Waals surface area contributed by atoms with E-state index in [0.29, 0.717) is 24.4 Å². The third-order valence-corrected chi connectivity index (χ3v) is 10.2. The number of aromatic nitrogens is 3. The fraction of sp³-hybridized carbons (Fsp3) is 0.471. The second-order valence-electron chi connectivity index (χ2n) is 12.8. The van der Waals surface area contributed by atoms with E-state index in [4.69, 9.17) is 23.8 Å². The Balaban J connectivity index is 1.23. The summed E-state index contributed by atoms with van der Waals surface area (Å²) < 4.78 is 17.8. The molecule has 0 amide bonds. The fourth-order valence-corrected chi connectivity index (χ4v) is 7.34. The zero-order valence-electron chi connectivity index (χ0n) is 27.4. The van der Waals surface area contributed by atoms with Crippen LogP contribution in [0.25, 0.3) is 11.0 Å². The van der Waals surface area contributed by atoms with Gasteiger partial charge in [-0.2, -0.15) is 9.97 Å². The summed E-state index contributed by atoms with van der Waals surface area (Å²) in [6, 6.07) is 16.6. The predicted octanol–water partition coefficient (Wildman–Crippen LogP) is 6.28. The average molecular weight is 648 g/mol. The maximum atomic E-state index is 10.3. The standard InChI is InChI=1S/C34H46N7O4P/c1-34(2,42)22-40(3)24-16-19-41(20-17-24)28-14-13-23(21-29(28)45-25-9-8-10-25)36-33-38-31-26(15-18-35-31)32(39-33)37-27-11-6-7-12-30(27)46(43-4)44-5/h6-7,11-15,18,21,24-25,42H,8-10,16-17,19-20,22H2,1-5H3,(H3,35,36,37,38,39). The highest BCUT2D eigenvalue weighted by Crippen LogP contribution is 2.40. The molecule has 1 saturated heterocycles. The maximum Gasteiger partial charge on any atom is 0.231 e. The Labute approximate surface area is 272 Å². The number of para-hydroxylation sites is 1. The van der Waals surface area contributed by atoms with Crippen molar-refractivity contribution >= 4 is 53.5 Å². The molecule has 12 heteroatoms. The second kappa shape index (κ2) is 14.1. The first-order valence-electron chi connectivity index (χ1n) is 16.1. The number of anilines is 5. The molecule has 0 bridgehead atoms. The number of aliphatic hydroxyl groups is 1. The Morgan fingerprint density at radius 1 is 1.02 bits per heavy atom. The van der Waals surface area contributed by atoms with Crippen molar-refractivity contribution in [1.82, 2.24) is 19.9 Å². The lowest BCUT2D eigenvalue weighted by molar-refractivity contribution is 0.0274. The smallest absolute Gasteiger partial charge is 0.231 e. The van der Waals surface area contributed by atoms with Crippen molar-refractivity contribution in [2.45, 2.75) is 63.7 Å². The van der Waals surface area contributed by atoms with Crippen LogP contribution < -0.4 is 25.6 Å². The fourth-order valence-electron chi connectivity index (χ4n) is 6.26. The molecule has 0 spiro atoms. The number of likely N-dealkylation sites (N-methyl/N-ethyl adjacent to an activating group) is 1. The number of nitrogens with one attached hydrogen (secondary N) is 3. The summed E-state index contributed by atoms with van der Waals surface area (Å²) in [5, 5.41) is 19.1. The zero-order valence-corrected chi connectivity index (χ0v) is 28.3. The van der Waals surface area contributed by atoms with Gasteiger partial charge in [0, 0.05) is 57.8 Å². The third-order valence-electron chi connectivity index (χ3n) is 8.73. The molecule has 0 unspecified atom stereocenters. The first-order chi connectivity index (χ1) is 22.2. The summed E-state index contributed by atoms with van der Waals surface area (Å²) in [4.78, 5) is 17.6. The van der Waals surface area contributed by atoms with Gasteiger partial charge in [-0.1, -0.05) is 12.1 Å². The quantitative estimate of drug-likeness (QED) is 0.124. The van der Waals surface area contributed by atoms with Crippen LogP contribution in [0.4, 0.5) is 28.8 Å². The van der Waals surface area contributed by atoms with Crippen LogP contribution in [0.1, 0.15) is 46.0 Å². The lowest BCUT2D eigenvalue weighted by Crippen LogP contribution is -2.47. The summed E-state index contributed by atoms with van der Waals surface area (Å²) in [5.74, 6) is 2.02. The largest absolute Gasteiger partial charge is 0.488 e. The van der Waals surface area contributed by atoms with E-state index in [1.165, 1.54) is 6.42 Å². The lowest BCUT2D eigenvalue weighted by atomic mass is 9.96. The van der Waals surface area contributed by atoms with Gasteiger partial charge in [-0.15, -0.1) is 0 Å². The van der Waals surface area contributed by atoms with E-state index < -0.39 is 14.0 Å². The number of piperidine rings is 1. The summed E-state index contributed by atoms with van der Waals surface area (Å²) in [7, 11) is 4.18. The van der Waals surface area contributed by atoms with Crippen molar-refractivity contribution in [1.29, 1.82) is 0 Å². The SMILES string of the molecule is COP(OC)c1ccccc1Nc1nc(Nc2ccc(N3CCC(N(C)CC(C)(C)O)CC3)c(OC3CCC3)c2)nc2[nH]ccc12. The first-order valence-corrected chi connectivity index (χ1v) is 17.2. The lowest BCUT2D eigenvalue weighted by Gasteiger charge is -2.40. The molecule has 1 saturated carbocycles. The molecule has 11 nitrogen and oxygen atoms in total. The van der Waals surface area contributed by atoms with E-state index in [1.54, 1.807) is 14.2 Å². The molecule has 1 aliphatic carbocycles. The zero-order chi connectivity index (χ0) is 32.3. The van der Waals surface area contributed by atoms with Gasteiger partial charge in [0.25, 0.3) is 0 Å². The summed E-state index contributed by atoms with van der Waals surface area (Å²) in [5.41, 5.74) is 2.86. The Morgan fingerprint density at radius 3 is 2.48 bits per heavy atom. The molecule has 0 atom stereocenters. The minimum atomic E-state index is -1.24. The summed E-state index contributed by atoms with van der Waals surface area (Å²) >= 11 is 0. The van der Waals surface area contributed by atoms with E-state index in [-0.39, 0.29) is 6.10 Å². The number of H-pyrrole nitrogens is 1. The second-order valence-corrected chi connectivity index (χ2v) is 14.6. The van der Waals surface area contributed by atoms with Crippen molar-refractivity contribution in [2.75, 3.05) is 56.4 Å². The number of aromatic amines is 1. The van der Waals surface area contributed by atoms with Crippen molar-refractivity contribution in [3.63, 3.8) is 0 Å². The van der Waals surface area contributed by atoms with Crippen molar-refractivity contribution in [2.24, 2.45) is 0 Å². The molecular formula is C34H46N7O4P. The van der Waals surface area contributed by atoms with Gasteiger partial charge < -0.3 is 44.3 Å². The van der Waals surface area contributed by atoms with Crippen LogP contribution in [-0.4, -0.2) is 83.6 Å². The van der Waals surface area contributed by atoms with Crippen LogP contribution in [0.15, 0.2) is 54.7 Å². The number of hydrogen-bond donors (Lipinski definition) is 4. The van der Waals surface area contributed by atoms with Crippen LogP contribution >= 0.6 is 8.38 Å². The average Bonchev–Trinajstić information content (AvgIpc) is 3.49. The Hall–Kier alpha value is -3.47. The highest BCUT2D eigenvalue weighted by Gasteiger charge is 2.28. The van der Waals surface area contributed by atoms with Gasteiger partial charge in [0.05, 0.1) is 33.8 Å². The predicted molar refractivity (Wildman–Crippen MR) is 186 cm³/mol. The molecule has 0 radical (unpaired) electrons. The van der Waals surface area contributed by atoms with Gasteiger partial charge >= 0.3 is 0 Å². The van der Waals surface area contributed by atoms with Crippen LogP contribution in [0.3, 0.4) is 0 Å². The number of fused-ring (bicyclic) bond motifs is 1. The highest BCUT2D eigenvalue weighted by molar-refractivity contribution is 7.56. The highest BCUT2D eigenvalue weighted by atomic mass is 31.2. The van der Waals surface area contributed by atoms with Crippen molar-refractivity contribution in [3.05, 3.63) is 54.7 Å². The van der Waals surface area contributed by atoms with Gasteiger partial charge in [-0.25, -0.2) is 0 Å². The van der Waals surface area contributed by atoms with E-state index in [9.17, 15) is 5.11 Å². The monoisotopic (exact) mass is 647 g/mol. The van der Waals surface area contributed by atoms with Gasteiger partial charge in [0.1, 0.15) is 17.2 Å². The maximum absolute atomic E-state index is 10.3. The Bertz CT molecular complexity index is 1610. The number of hydrogen-bond acceptors (Lipinski definition) is 10. The van der Waals surface area contributed by atoms with E-state index in [2.05, 4.69) is 50.7 Å². The van der Waals surface area contributed by atoms with Crippen molar-refractivity contribution in [3.8, 4) is 5.75 Å². The molecule has 6 rings (SSSR count). The van der Waals surface area contributed by atoms with Crippen LogP contribution in [0.2, 0.25) is 0 Å². The third kappa shape index (κ3) is 7.56. The van der Waals surface area contributed by atoms with Gasteiger partial charge in [0.15, 0.2) is 0 Å². The number of ether oxygens (including phenoxy) is 1. The molecule has 1 aliphatic heterocycles. The van der Waals surface area contributed by atoms with Crippen molar-refractivity contribution < 1.29 is 18.9 Å². The minimum Gasteiger partial charge on any atom is -0.488 e. The Morgan fingerprint density at radius 2 is 1.78 bits per heavy atom. The topological polar surface area (TPSA) is 120 Å². The van der Waals surface area contributed by atoms with E-state index in [1.807, 2.05) is 50.4 Å². The molecule has 3 heterocycles. The molecule has 246 valence electrons. The minimum absolute atomic E-state index is 0.247. The summed E-state index contributed by atoms with van der Waals surface area (Å²) in [6.07, 6.45) is 7.55. The molecule has 2 aromatic carbocycles. The van der Waals surface area contributed by atoms with E-state index >= 15 is 0 Å². The molecule has 2 fully saturated rings. The molecule has 2 aliphatic rings. The van der Waals surface area contributed by atoms with Crippen LogP contribution in [0, 0.1) is 0 Å². The van der Waals surface area contributed by atoms with Crippen LogP contribution in [-0.2, 0) is 9.05 Å². The number of benzene rings is 2. The van der Waals surface area contributed by atoms with E-state index in [0.717, 1.165) is 77.9 Å². The number of nitrogens with zero attached hydrogens (tertiary/aromatic N) is 4. The molecule has 4 N–H and O–H groups in total. The Kier molecular flexibility index (Phi) is 9.96. The van der Waals surface area contributed by atoms with Gasteiger partial charge in [-0.3, -0.25) is 0 Å². The van der Waals surface area contributed by atoms with Gasteiger partial charge in [-0.05, 0) is 83.3 Å². The molecule has 46 heavy (non-hydrogen) atoms. The number of rotatable bonds is 13. The molecule has 4 aromatic rings. The van der Waals surface area contributed by atoms with Crippen LogP contribution in [0.5, 0.6) is 5.75 Å². The summed E-state index contributed by atoms with van der Waals surface area (Å²) in [6.45, 7) is 6.28. The first kappa shape index (κ1) is 32.5. The van der Waals surface area contributed by atoms with Gasteiger partial charge in [0.2, 0.25) is 14.3 Å². The normalized spacial score (nSPS) is 16.3.